The first-order valence-corrected chi connectivity index (χ1v) is 6.62. The normalized spacial score (nSPS) is 11.0. The lowest BCUT2D eigenvalue weighted by Crippen LogP contribution is -2.22. The first kappa shape index (κ1) is 14.2. The van der Waals surface area contributed by atoms with Gasteiger partial charge >= 0.3 is 0 Å². The molecule has 0 aliphatic rings. The molecule has 1 aromatic carbocycles. The average molecular weight is 275 g/mol. The number of methoxy groups -OCH3 is 1. The predicted octanol–water partition coefficient (Wildman–Crippen LogP) is 0.304. The molecule has 0 aliphatic heterocycles. The Bertz CT molecular complexity index is 543. The van der Waals surface area contributed by atoms with E-state index in [1.807, 2.05) is 0 Å². The zero-order valence-electron chi connectivity index (χ0n) is 9.62. The van der Waals surface area contributed by atoms with Crippen molar-refractivity contribution >= 4 is 21.4 Å². The summed E-state index contributed by atoms with van der Waals surface area (Å²) in [5, 5.41) is 18.2. The molecule has 0 bridgehead atoms. The molecule has 1 rings (SSSR count). The average Bonchev–Trinajstić information content (AvgIpc) is 2.27. The van der Waals surface area contributed by atoms with Crippen LogP contribution in [0, 0.1) is 10.1 Å². The maximum absolute atomic E-state index is 10.7. The topological polar surface area (TPSA) is 125 Å². The lowest BCUT2D eigenvalue weighted by Gasteiger charge is -2.10. The number of hydrogen-bond acceptors (Lipinski definition) is 6. The fourth-order valence-corrected chi connectivity index (χ4v) is 1.65. The van der Waals surface area contributed by atoms with Crippen molar-refractivity contribution in [2.24, 2.45) is 5.14 Å². The maximum atomic E-state index is 10.7. The van der Waals surface area contributed by atoms with Gasteiger partial charge in [0, 0.05) is 12.6 Å². The number of nitrogens with two attached hydrogens (primary N) is 1. The minimum atomic E-state index is -3.55. The number of anilines is 1. The molecule has 0 unspecified atom stereocenters. The van der Waals surface area contributed by atoms with Gasteiger partial charge in [0.15, 0.2) is 0 Å². The number of benzene rings is 1. The van der Waals surface area contributed by atoms with Gasteiger partial charge in [-0.3, -0.25) is 10.1 Å². The van der Waals surface area contributed by atoms with Crippen LogP contribution in [-0.4, -0.2) is 32.7 Å². The SMILES string of the molecule is COc1cc([N+](=O)[O-])ccc1NCCS(N)(=O)=O. The van der Waals surface area contributed by atoms with Gasteiger partial charge in [-0.1, -0.05) is 0 Å². The van der Waals surface area contributed by atoms with Crippen LogP contribution in [0.3, 0.4) is 0 Å². The number of ether oxygens (including phenoxy) is 1. The van der Waals surface area contributed by atoms with Crippen molar-refractivity contribution in [3.05, 3.63) is 28.3 Å². The second-order valence-corrected chi connectivity index (χ2v) is 5.17. The summed E-state index contributed by atoms with van der Waals surface area (Å²) in [6, 6.07) is 3.99. The molecule has 0 spiro atoms. The fraction of sp³-hybridized carbons (Fsp3) is 0.333. The van der Waals surface area contributed by atoms with Crippen molar-refractivity contribution in [3.63, 3.8) is 0 Å². The fourth-order valence-electron chi connectivity index (χ4n) is 1.27. The van der Waals surface area contributed by atoms with Crippen LogP contribution in [0.25, 0.3) is 0 Å². The van der Waals surface area contributed by atoms with Gasteiger partial charge < -0.3 is 10.1 Å². The number of non-ortho nitro benzene ring substituents is 1. The van der Waals surface area contributed by atoms with Gasteiger partial charge in [0.25, 0.3) is 5.69 Å². The minimum Gasteiger partial charge on any atom is -0.494 e. The number of nitro groups is 1. The molecule has 3 N–H and O–H groups in total. The zero-order chi connectivity index (χ0) is 13.8. The Kier molecular flexibility index (Phi) is 4.45. The van der Waals surface area contributed by atoms with Crippen molar-refractivity contribution in [1.82, 2.24) is 0 Å². The Morgan fingerprint density at radius 3 is 2.67 bits per heavy atom. The summed E-state index contributed by atoms with van der Waals surface area (Å²) in [6.45, 7) is 0.0903. The molecular formula is C9H13N3O5S. The third-order valence-electron chi connectivity index (χ3n) is 2.10. The van der Waals surface area contributed by atoms with Crippen molar-refractivity contribution in [2.75, 3.05) is 24.7 Å². The molecule has 1 aromatic rings. The van der Waals surface area contributed by atoms with Gasteiger partial charge in [-0.05, 0) is 6.07 Å². The third-order valence-corrected chi connectivity index (χ3v) is 2.87. The van der Waals surface area contributed by atoms with Crippen molar-refractivity contribution < 1.29 is 18.1 Å². The number of rotatable bonds is 6. The number of sulfonamides is 1. The summed E-state index contributed by atoms with van der Waals surface area (Å²) < 4.78 is 26.4. The van der Waals surface area contributed by atoms with Crippen molar-refractivity contribution in [2.45, 2.75) is 0 Å². The molecule has 0 amide bonds. The van der Waals surface area contributed by atoms with Gasteiger partial charge in [-0.15, -0.1) is 0 Å². The first-order chi connectivity index (χ1) is 8.33. The third kappa shape index (κ3) is 4.18. The van der Waals surface area contributed by atoms with Crippen LogP contribution in [-0.2, 0) is 10.0 Å². The number of hydrogen-bond donors (Lipinski definition) is 2. The molecule has 0 radical (unpaired) electrons. The van der Waals surface area contributed by atoms with Crippen LogP contribution in [0.4, 0.5) is 11.4 Å². The van der Waals surface area contributed by atoms with Crippen molar-refractivity contribution in [1.29, 1.82) is 0 Å². The highest BCUT2D eigenvalue weighted by molar-refractivity contribution is 7.89. The highest BCUT2D eigenvalue weighted by Gasteiger charge is 2.11. The molecule has 0 aliphatic carbocycles. The maximum Gasteiger partial charge on any atom is 0.273 e. The summed E-state index contributed by atoms with van der Waals surface area (Å²) in [5.74, 6) is 0.0197. The van der Waals surface area contributed by atoms with Gasteiger partial charge in [0.05, 0.1) is 29.5 Å². The molecule has 100 valence electrons. The molecular weight excluding hydrogens is 262 g/mol. The summed E-state index contributed by atoms with van der Waals surface area (Å²) in [6.07, 6.45) is 0. The number of nitrogens with one attached hydrogen (secondary N) is 1. The number of nitrogens with zero attached hydrogens (tertiary/aromatic N) is 1. The summed E-state index contributed by atoms with van der Waals surface area (Å²) >= 11 is 0. The zero-order valence-corrected chi connectivity index (χ0v) is 10.4. The van der Waals surface area contributed by atoms with E-state index in [9.17, 15) is 18.5 Å². The van der Waals surface area contributed by atoms with E-state index in [0.717, 1.165) is 0 Å². The molecule has 0 saturated heterocycles. The smallest absolute Gasteiger partial charge is 0.273 e. The Hall–Kier alpha value is -1.87. The van der Waals surface area contributed by atoms with Crippen LogP contribution in [0.2, 0.25) is 0 Å². The molecule has 0 aromatic heterocycles. The predicted molar refractivity (Wildman–Crippen MR) is 66.1 cm³/mol. The second kappa shape index (κ2) is 5.65. The molecule has 9 heteroatoms. The van der Waals surface area contributed by atoms with Gasteiger partial charge in [-0.2, -0.15) is 0 Å². The summed E-state index contributed by atoms with van der Waals surface area (Å²) in [5.41, 5.74) is 0.357. The summed E-state index contributed by atoms with van der Waals surface area (Å²) in [7, 11) is -2.18. The van der Waals surface area contributed by atoms with E-state index in [2.05, 4.69) is 5.32 Å². The van der Waals surface area contributed by atoms with Gasteiger partial charge in [0.1, 0.15) is 5.75 Å². The minimum absolute atomic E-state index is 0.0903. The number of primary sulfonamides is 1. The van der Waals surface area contributed by atoms with Crippen LogP contribution >= 0.6 is 0 Å². The monoisotopic (exact) mass is 275 g/mol. The largest absolute Gasteiger partial charge is 0.494 e. The van der Waals surface area contributed by atoms with Crippen LogP contribution in [0.1, 0.15) is 0 Å². The molecule has 0 saturated carbocycles. The van der Waals surface area contributed by atoms with E-state index < -0.39 is 14.9 Å². The Labute approximate surface area is 104 Å². The van der Waals surface area contributed by atoms with Crippen molar-refractivity contribution in [3.8, 4) is 5.75 Å². The lowest BCUT2D eigenvalue weighted by atomic mass is 10.2. The van der Waals surface area contributed by atoms with E-state index in [4.69, 9.17) is 9.88 Å². The Morgan fingerprint density at radius 1 is 1.50 bits per heavy atom. The summed E-state index contributed by atoms with van der Waals surface area (Å²) in [4.78, 5) is 10.0. The van der Waals surface area contributed by atoms with Gasteiger partial charge in [0.2, 0.25) is 10.0 Å². The molecule has 18 heavy (non-hydrogen) atoms. The highest BCUT2D eigenvalue weighted by Crippen LogP contribution is 2.28. The Morgan fingerprint density at radius 2 is 2.17 bits per heavy atom. The highest BCUT2D eigenvalue weighted by atomic mass is 32.2. The standard InChI is InChI=1S/C9H13N3O5S/c1-17-9-6-7(12(13)14)2-3-8(9)11-4-5-18(10,15)16/h2-3,6,11H,4-5H2,1H3,(H2,10,15,16). The second-order valence-electron chi connectivity index (χ2n) is 3.44. The van der Waals surface area contributed by atoms with Crippen LogP contribution in [0.15, 0.2) is 18.2 Å². The van der Waals surface area contributed by atoms with Crippen LogP contribution < -0.4 is 15.2 Å². The van der Waals surface area contributed by atoms with E-state index >= 15 is 0 Å². The van der Waals surface area contributed by atoms with Gasteiger partial charge in [-0.25, -0.2) is 13.6 Å². The van der Waals surface area contributed by atoms with E-state index in [-0.39, 0.29) is 23.7 Å². The lowest BCUT2D eigenvalue weighted by molar-refractivity contribution is -0.384. The van der Waals surface area contributed by atoms with E-state index in [1.54, 1.807) is 0 Å². The Balaban J connectivity index is 2.80. The molecule has 0 fully saturated rings. The number of nitro benzene ring substituents is 1. The van der Waals surface area contributed by atoms with Crippen LogP contribution in [0.5, 0.6) is 5.75 Å². The molecule has 8 nitrogen and oxygen atoms in total. The molecule has 0 heterocycles. The quantitative estimate of drug-likeness (QED) is 0.568. The molecule has 0 atom stereocenters. The van der Waals surface area contributed by atoms with E-state index in [1.165, 1.54) is 25.3 Å². The first-order valence-electron chi connectivity index (χ1n) is 4.90. The van der Waals surface area contributed by atoms with E-state index in [0.29, 0.717) is 5.69 Å².